The molecular formula is C11H18O3. The normalized spacial score (nSPS) is 48.8. The molecule has 0 spiro atoms. The van der Waals surface area contributed by atoms with Gasteiger partial charge in [-0.1, -0.05) is 19.8 Å². The summed E-state index contributed by atoms with van der Waals surface area (Å²) in [6, 6.07) is 0. The third-order valence-corrected chi connectivity index (χ3v) is 4.26. The third-order valence-electron chi connectivity index (χ3n) is 4.26. The molecule has 0 amide bonds. The molecule has 3 heteroatoms. The molecule has 2 fully saturated rings. The Hall–Kier alpha value is -0.410. The molecule has 0 bridgehead atoms. The van der Waals surface area contributed by atoms with E-state index in [1.54, 1.807) is 0 Å². The molecule has 3 atom stereocenters. The van der Waals surface area contributed by atoms with Gasteiger partial charge in [0.15, 0.2) is 5.78 Å². The van der Waals surface area contributed by atoms with Crippen molar-refractivity contribution < 1.29 is 15.0 Å². The first kappa shape index (κ1) is 10.1. The molecule has 0 aromatic carbocycles. The topological polar surface area (TPSA) is 57.5 Å². The molecule has 2 rings (SSSR count). The van der Waals surface area contributed by atoms with Gasteiger partial charge in [-0.05, 0) is 24.7 Å². The Kier molecular flexibility index (Phi) is 2.20. The smallest absolute Gasteiger partial charge is 0.164 e. The number of ketones is 1. The van der Waals surface area contributed by atoms with Crippen molar-refractivity contribution in [2.24, 2.45) is 5.41 Å². The van der Waals surface area contributed by atoms with E-state index >= 15 is 0 Å². The molecule has 0 aliphatic heterocycles. The fourth-order valence-corrected chi connectivity index (χ4v) is 3.04. The monoisotopic (exact) mass is 198 g/mol. The molecule has 0 heterocycles. The van der Waals surface area contributed by atoms with E-state index in [-0.39, 0.29) is 11.2 Å². The van der Waals surface area contributed by atoms with Crippen LogP contribution in [0.5, 0.6) is 0 Å². The van der Waals surface area contributed by atoms with Crippen molar-refractivity contribution in [1.82, 2.24) is 0 Å². The van der Waals surface area contributed by atoms with Crippen molar-refractivity contribution in [2.75, 3.05) is 0 Å². The van der Waals surface area contributed by atoms with E-state index in [4.69, 9.17) is 0 Å². The summed E-state index contributed by atoms with van der Waals surface area (Å²) in [5.41, 5.74) is -1.40. The molecule has 80 valence electrons. The zero-order valence-electron chi connectivity index (χ0n) is 8.62. The number of carbonyl (C=O) groups is 1. The second kappa shape index (κ2) is 3.04. The summed E-state index contributed by atoms with van der Waals surface area (Å²) in [4.78, 5) is 11.4. The van der Waals surface area contributed by atoms with Crippen LogP contribution in [0.1, 0.15) is 45.4 Å². The largest absolute Gasteiger partial charge is 0.386 e. The lowest BCUT2D eigenvalue weighted by atomic mass is 9.56. The highest BCUT2D eigenvalue weighted by atomic mass is 16.3. The number of aliphatic hydroxyl groups excluding tert-OH is 1. The van der Waals surface area contributed by atoms with Crippen LogP contribution in [0.2, 0.25) is 0 Å². The van der Waals surface area contributed by atoms with E-state index in [1.807, 2.05) is 6.92 Å². The number of aliphatic hydroxyl groups is 2. The molecule has 2 aliphatic rings. The van der Waals surface area contributed by atoms with Gasteiger partial charge in [-0.2, -0.15) is 0 Å². The first-order valence-electron chi connectivity index (χ1n) is 5.43. The summed E-state index contributed by atoms with van der Waals surface area (Å²) < 4.78 is 0. The van der Waals surface area contributed by atoms with Gasteiger partial charge in [-0.25, -0.2) is 0 Å². The summed E-state index contributed by atoms with van der Waals surface area (Å²) in [5, 5.41) is 20.2. The Labute approximate surface area is 84.1 Å². The van der Waals surface area contributed by atoms with Crippen molar-refractivity contribution >= 4 is 5.78 Å². The maximum atomic E-state index is 11.4. The number of fused-ring (bicyclic) bond motifs is 1. The van der Waals surface area contributed by atoms with Gasteiger partial charge in [0, 0.05) is 6.42 Å². The first-order valence-corrected chi connectivity index (χ1v) is 5.43. The standard InChI is InChI=1S/C11H18O3/c1-10-5-2-3-6-11(10,14)9(13)8(12)4-7-10/h9,13-14H,2-7H2,1H3/t9-,10-,11-/m0/s1. The lowest BCUT2D eigenvalue weighted by Gasteiger charge is -2.53. The minimum Gasteiger partial charge on any atom is -0.386 e. The number of rotatable bonds is 0. The molecule has 0 radical (unpaired) electrons. The van der Waals surface area contributed by atoms with Gasteiger partial charge in [-0.3, -0.25) is 4.79 Å². The van der Waals surface area contributed by atoms with Gasteiger partial charge >= 0.3 is 0 Å². The zero-order valence-corrected chi connectivity index (χ0v) is 8.62. The molecule has 2 N–H and O–H groups in total. The molecular weight excluding hydrogens is 180 g/mol. The Morgan fingerprint density at radius 3 is 2.64 bits per heavy atom. The van der Waals surface area contributed by atoms with E-state index in [0.29, 0.717) is 12.8 Å². The summed E-state index contributed by atoms with van der Waals surface area (Å²) in [6.45, 7) is 2.00. The highest BCUT2D eigenvalue weighted by Crippen LogP contribution is 2.51. The predicted molar refractivity (Wildman–Crippen MR) is 51.8 cm³/mol. The Balaban J connectivity index is 2.34. The molecule has 3 nitrogen and oxygen atoms in total. The molecule has 14 heavy (non-hydrogen) atoms. The molecule has 0 aromatic rings. The lowest BCUT2D eigenvalue weighted by Crippen LogP contribution is -2.62. The van der Waals surface area contributed by atoms with Crippen molar-refractivity contribution in [3.8, 4) is 0 Å². The number of carbonyl (C=O) groups excluding carboxylic acids is 1. The van der Waals surface area contributed by atoms with E-state index < -0.39 is 11.7 Å². The minimum absolute atomic E-state index is 0.188. The average molecular weight is 198 g/mol. The minimum atomic E-state index is -1.15. The Morgan fingerprint density at radius 1 is 1.29 bits per heavy atom. The molecule has 2 aliphatic carbocycles. The maximum Gasteiger partial charge on any atom is 0.164 e. The van der Waals surface area contributed by atoms with Crippen LogP contribution in [0.25, 0.3) is 0 Å². The Morgan fingerprint density at radius 2 is 1.93 bits per heavy atom. The van der Waals surface area contributed by atoms with Gasteiger partial charge < -0.3 is 10.2 Å². The predicted octanol–water partition coefficient (Wildman–Crippen LogP) is 1.02. The average Bonchev–Trinajstić information content (AvgIpc) is 2.16. The van der Waals surface area contributed by atoms with Gasteiger partial charge in [0.05, 0.1) is 0 Å². The van der Waals surface area contributed by atoms with Crippen LogP contribution < -0.4 is 0 Å². The fourth-order valence-electron chi connectivity index (χ4n) is 3.04. The molecule has 0 aromatic heterocycles. The van der Waals surface area contributed by atoms with Crippen LogP contribution in [-0.4, -0.2) is 27.7 Å². The van der Waals surface area contributed by atoms with Crippen molar-refractivity contribution in [3.05, 3.63) is 0 Å². The van der Waals surface area contributed by atoms with Crippen LogP contribution in [0.3, 0.4) is 0 Å². The summed E-state index contributed by atoms with van der Waals surface area (Å²) >= 11 is 0. The van der Waals surface area contributed by atoms with Gasteiger partial charge in [0.1, 0.15) is 11.7 Å². The van der Waals surface area contributed by atoms with Gasteiger partial charge in [0.25, 0.3) is 0 Å². The van der Waals surface area contributed by atoms with Crippen LogP contribution in [0.15, 0.2) is 0 Å². The van der Waals surface area contributed by atoms with Crippen LogP contribution >= 0.6 is 0 Å². The van der Waals surface area contributed by atoms with Crippen molar-refractivity contribution in [3.63, 3.8) is 0 Å². The highest BCUT2D eigenvalue weighted by Gasteiger charge is 2.57. The zero-order chi connectivity index (χ0) is 10.4. The fraction of sp³-hybridized carbons (Fsp3) is 0.909. The SMILES string of the molecule is C[C@@]12CCCC[C@]1(O)[C@@H](O)C(=O)CC2. The first-order chi connectivity index (χ1) is 6.50. The summed E-state index contributed by atoms with van der Waals surface area (Å²) in [7, 11) is 0. The van der Waals surface area contributed by atoms with E-state index in [1.165, 1.54) is 0 Å². The molecule has 0 saturated heterocycles. The lowest BCUT2D eigenvalue weighted by molar-refractivity contribution is -0.197. The number of Topliss-reactive ketones (excluding diaryl/α,β-unsaturated/α-hetero) is 1. The van der Waals surface area contributed by atoms with Crippen LogP contribution in [0, 0.1) is 5.41 Å². The quantitative estimate of drug-likeness (QED) is 0.611. The second-order valence-corrected chi connectivity index (χ2v) is 5.06. The van der Waals surface area contributed by atoms with Crippen LogP contribution in [0.4, 0.5) is 0 Å². The second-order valence-electron chi connectivity index (χ2n) is 5.06. The van der Waals surface area contributed by atoms with E-state index in [2.05, 4.69) is 0 Å². The van der Waals surface area contributed by atoms with E-state index in [9.17, 15) is 15.0 Å². The number of hydrogen-bond acceptors (Lipinski definition) is 3. The van der Waals surface area contributed by atoms with Crippen molar-refractivity contribution in [2.45, 2.75) is 57.2 Å². The third kappa shape index (κ3) is 1.15. The van der Waals surface area contributed by atoms with Gasteiger partial charge in [0.2, 0.25) is 0 Å². The maximum absolute atomic E-state index is 11.4. The molecule has 2 saturated carbocycles. The van der Waals surface area contributed by atoms with Crippen molar-refractivity contribution in [1.29, 1.82) is 0 Å². The summed E-state index contributed by atoms with van der Waals surface area (Å²) in [6.07, 6.45) is 3.49. The van der Waals surface area contributed by atoms with Gasteiger partial charge in [-0.15, -0.1) is 0 Å². The van der Waals surface area contributed by atoms with E-state index in [0.717, 1.165) is 25.7 Å². The summed E-state index contributed by atoms with van der Waals surface area (Å²) in [5.74, 6) is -0.188. The number of hydrogen-bond donors (Lipinski definition) is 2. The Bertz CT molecular complexity index is 263. The highest BCUT2D eigenvalue weighted by molar-refractivity contribution is 5.85. The van der Waals surface area contributed by atoms with Crippen LogP contribution in [-0.2, 0) is 4.79 Å². The molecule has 0 unspecified atom stereocenters.